The molecule has 96 valence electrons. The van der Waals surface area contributed by atoms with Crippen molar-refractivity contribution in [2.75, 3.05) is 6.54 Å². The van der Waals surface area contributed by atoms with Crippen LogP contribution in [-0.4, -0.2) is 17.5 Å². The van der Waals surface area contributed by atoms with E-state index >= 15 is 0 Å². The third kappa shape index (κ3) is 2.91. The van der Waals surface area contributed by atoms with Crippen molar-refractivity contribution < 1.29 is 0 Å². The Morgan fingerprint density at radius 2 is 1.94 bits per heavy atom. The van der Waals surface area contributed by atoms with Gasteiger partial charge in [-0.3, -0.25) is 4.90 Å². The quantitative estimate of drug-likeness (QED) is 0.794. The van der Waals surface area contributed by atoms with E-state index in [1.807, 2.05) is 0 Å². The van der Waals surface area contributed by atoms with Gasteiger partial charge in [-0.25, -0.2) is 0 Å². The molecule has 18 heavy (non-hydrogen) atoms. The molecular formula is C16H22N2. The lowest BCUT2D eigenvalue weighted by Crippen LogP contribution is -2.27. The largest absolute Gasteiger partial charge is 0.284 e. The van der Waals surface area contributed by atoms with Crippen LogP contribution in [0.1, 0.15) is 44.7 Å². The summed E-state index contributed by atoms with van der Waals surface area (Å²) in [6.45, 7) is 8.65. The molecule has 0 bridgehead atoms. The molecule has 1 aliphatic heterocycles. The molecule has 0 radical (unpaired) electrons. The van der Waals surface area contributed by atoms with Crippen LogP contribution in [0.4, 0.5) is 0 Å². The number of likely N-dealkylation sites (tertiary alicyclic amines) is 1. The zero-order valence-electron chi connectivity index (χ0n) is 11.6. The molecular weight excluding hydrogens is 220 g/mol. The highest BCUT2D eigenvalue weighted by Crippen LogP contribution is 2.24. The van der Waals surface area contributed by atoms with Crippen molar-refractivity contribution in [1.82, 2.24) is 4.90 Å². The van der Waals surface area contributed by atoms with E-state index in [0.717, 1.165) is 25.9 Å². The summed E-state index contributed by atoms with van der Waals surface area (Å²) in [6, 6.07) is 11.3. The maximum Gasteiger partial charge on any atom is 0.0981 e. The molecule has 1 aromatic carbocycles. The minimum Gasteiger partial charge on any atom is -0.284 e. The van der Waals surface area contributed by atoms with E-state index in [9.17, 15) is 0 Å². The smallest absolute Gasteiger partial charge is 0.0981 e. The van der Waals surface area contributed by atoms with Crippen molar-refractivity contribution in [1.29, 1.82) is 5.26 Å². The van der Waals surface area contributed by atoms with Gasteiger partial charge in [-0.15, -0.1) is 0 Å². The molecule has 1 fully saturated rings. The number of benzene rings is 1. The Labute approximate surface area is 110 Å². The van der Waals surface area contributed by atoms with Gasteiger partial charge in [0.1, 0.15) is 0 Å². The summed E-state index contributed by atoms with van der Waals surface area (Å²) in [6.07, 6.45) is 2.18. The minimum absolute atomic E-state index is 0.118. The first-order valence-corrected chi connectivity index (χ1v) is 6.74. The molecule has 1 saturated heterocycles. The fourth-order valence-corrected chi connectivity index (χ4v) is 2.51. The first-order chi connectivity index (χ1) is 8.50. The van der Waals surface area contributed by atoms with Crippen molar-refractivity contribution in [3.8, 4) is 6.07 Å². The van der Waals surface area contributed by atoms with Crippen LogP contribution in [-0.2, 0) is 12.0 Å². The van der Waals surface area contributed by atoms with Crippen LogP contribution in [0, 0.1) is 11.3 Å². The van der Waals surface area contributed by atoms with Crippen LogP contribution >= 0.6 is 0 Å². The molecule has 2 heteroatoms. The molecule has 2 rings (SSSR count). The number of hydrogen-bond donors (Lipinski definition) is 0. The summed E-state index contributed by atoms with van der Waals surface area (Å²) in [4.78, 5) is 2.28. The third-order valence-corrected chi connectivity index (χ3v) is 3.72. The molecule has 1 unspecified atom stereocenters. The third-order valence-electron chi connectivity index (χ3n) is 3.72. The average Bonchev–Trinajstić information content (AvgIpc) is 2.76. The fourth-order valence-electron chi connectivity index (χ4n) is 2.51. The van der Waals surface area contributed by atoms with Crippen LogP contribution in [0.2, 0.25) is 0 Å². The predicted molar refractivity (Wildman–Crippen MR) is 74.2 cm³/mol. The van der Waals surface area contributed by atoms with Gasteiger partial charge in [0, 0.05) is 6.54 Å². The van der Waals surface area contributed by atoms with E-state index < -0.39 is 0 Å². The Morgan fingerprint density at radius 3 is 2.50 bits per heavy atom. The maximum atomic E-state index is 9.07. The van der Waals surface area contributed by atoms with Gasteiger partial charge in [-0.05, 0) is 35.9 Å². The lowest BCUT2D eigenvalue weighted by atomic mass is 9.87. The fraction of sp³-hybridized carbons (Fsp3) is 0.562. The van der Waals surface area contributed by atoms with Gasteiger partial charge in [0.25, 0.3) is 0 Å². The highest BCUT2D eigenvalue weighted by atomic mass is 15.2. The van der Waals surface area contributed by atoms with E-state index in [4.69, 9.17) is 5.26 Å². The topological polar surface area (TPSA) is 27.0 Å². The van der Waals surface area contributed by atoms with E-state index in [0.29, 0.717) is 0 Å². The van der Waals surface area contributed by atoms with E-state index in [1.54, 1.807) is 0 Å². The average molecular weight is 242 g/mol. The molecule has 0 aliphatic carbocycles. The summed E-state index contributed by atoms with van der Waals surface area (Å²) in [7, 11) is 0. The van der Waals surface area contributed by atoms with Crippen molar-refractivity contribution in [3.63, 3.8) is 0 Å². The monoisotopic (exact) mass is 242 g/mol. The van der Waals surface area contributed by atoms with Gasteiger partial charge >= 0.3 is 0 Å². The molecule has 2 nitrogen and oxygen atoms in total. The van der Waals surface area contributed by atoms with Crippen LogP contribution in [0.25, 0.3) is 0 Å². The second kappa shape index (κ2) is 5.12. The van der Waals surface area contributed by atoms with Crippen LogP contribution < -0.4 is 0 Å². The first kappa shape index (κ1) is 13.1. The lowest BCUT2D eigenvalue weighted by Gasteiger charge is -2.21. The van der Waals surface area contributed by atoms with Crippen LogP contribution in [0.5, 0.6) is 0 Å². The van der Waals surface area contributed by atoms with Gasteiger partial charge in [0.15, 0.2) is 0 Å². The summed E-state index contributed by atoms with van der Waals surface area (Å²) in [5.41, 5.74) is 2.89. The molecule has 0 saturated carbocycles. The highest BCUT2D eigenvalue weighted by molar-refractivity contribution is 5.27. The van der Waals surface area contributed by atoms with E-state index in [1.165, 1.54) is 11.1 Å². The molecule has 1 aliphatic rings. The van der Waals surface area contributed by atoms with Crippen molar-refractivity contribution >= 4 is 0 Å². The SMILES string of the molecule is CC(C)(C)c1ccc(CN2CCCC2C#N)cc1. The Hall–Kier alpha value is -1.33. The van der Waals surface area contributed by atoms with Crippen LogP contribution in [0.3, 0.4) is 0 Å². The standard InChI is InChI=1S/C16H22N2/c1-16(2,3)14-8-6-13(7-9-14)12-18-10-4-5-15(18)11-17/h6-9,15H,4-5,10,12H2,1-3H3. The Morgan fingerprint density at radius 1 is 1.28 bits per heavy atom. The van der Waals surface area contributed by atoms with Crippen molar-refractivity contribution in [2.24, 2.45) is 0 Å². The van der Waals surface area contributed by atoms with Gasteiger partial charge in [0.05, 0.1) is 12.1 Å². The van der Waals surface area contributed by atoms with Crippen LogP contribution in [0.15, 0.2) is 24.3 Å². The molecule has 1 heterocycles. The Bertz CT molecular complexity index is 434. The van der Waals surface area contributed by atoms with E-state index in [2.05, 4.69) is 56.0 Å². The maximum absolute atomic E-state index is 9.07. The normalized spacial score (nSPS) is 20.9. The number of hydrogen-bond acceptors (Lipinski definition) is 2. The van der Waals surface area contributed by atoms with Crippen molar-refractivity contribution in [3.05, 3.63) is 35.4 Å². The second-order valence-electron chi connectivity index (χ2n) is 6.20. The van der Waals surface area contributed by atoms with E-state index in [-0.39, 0.29) is 11.5 Å². The number of rotatable bonds is 2. The zero-order valence-corrected chi connectivity index (χ0v) is 11.6. The second-order valence-corrected chi connectivity index (χ2v) is 6.20. The van der Waals surface area contributed by atoms with Gasteiger partial charge in [-0.1, -0.05) is 45.0 Å². The summed E-state index contributed by atoms with van der Waals surface area (Å²) in [5, 5.41) is 9.07. The molecule has 0 aromatic heterocycles. The lowest BCUT2D eigenvalue weighted by molar-refractivity contribution is 0.286. The Kier molecular flexibility index (Phi) is 3.73. The molecule has 1 atom stereocenters. The first-order valence-electron chi connectivity index (χ1n) is 6.74. The summed E-state index contributed by atoms with van der Waals surface area (Å²) < 4.78 is 0. The minimum atomic E-state index is 0.118. The molecule has 0 amide bonds. The summed E-state index contributed by atoms with van der Waals surface area (Å²) in [5.74, 6) is 0. The zero-order chi connectivity index (χ0) is 13.2. The molecule has 0 N–H and O–H groups in total. The summed E-state index contributed by atoms with van der Waals surface area (Å²) >= 11 is 0. The highest BCUT2D eigenvalue weighted by Gasteiger charge is 2.24. The van der Waals surface area contributed by atoms with Gasteiger partial charge in [0.2, 0.25) is 0 Å². The predicted octanol–water partition coefficient (Wildman–Crippen LogP) is 3.47. The Balaban J connectivity index is 2.05. The van der Waals surface area contributed by atoms with Crippen molar-refractivity contribution in [2.45, 2.75) is 51.6 Å². The number of nitrogens with zero attached hydrogens (tertiary/aromatic N) is 2. The van der Waals surface area contributed by atoms with Gasteiger partial charge < -0.3 is 0 Å². The number of nitriles is 1. The van der Waals surface area contributed by atoms with Gasteiger partial charge in [-0.2, -0.15) is 5.26 Å². The molecule has 1 aromatic rings. The molecule has 0 spiro atoms.